The molecule has 4 rings (SSSR count). The van der Waals surface area contributed by atoms with Crippen molar-refractivity contribution in [1.82, 2.24) is 9.78 Å². The number of aryl methyl sites for hydroxylation is 1. The Morgan fingerprint density at radius 2 is 2.03 bits per heavy atom. The highest BCUT2D eigenvalue weighted by molar-refractivity contribution is 6.34. The summed E-state index contributed by atoms with van der Waals surface area (Å²) in [6, 6.07) is 9.10. The number of nitrogens with zero attached hydrogens (tertiary/aromatic N) is 2. The van der Waals surface area contributed by atoms with Gasteiger partial charge in [-0.2, -0.15) is 5.10 Å². The lowest BCUT2D eigenvalue weighted by atomic mass is 10.1. The van der Waals surface area contributed by atoms with E-state index in [0.29, 0.717) is 28.5 Å². The zero-order valence-corrected chi connectivity index (χ0v) is 17.0. The first-order valence-electron chi connectivity index (χ1n) is 9.19. The number of carbonyl (C=O) groups excluding carboxylic acids is 2. The first kappa shape index (κ1) is 19.9. The van der Waals surface area contributed by atoms with Gasteiger partial charge in [0.25, 0.3) is 5.91 Å². The number of amides is 2. The lowest BCUT2D eigenvalue weighted by Crippen LogP contribution is -2.25. The number of halogens is 2. The van der Waals surface area contributed by atoms with E-state index < -0.39 is 0 Å². The van der Waals surface area contributed by atoms with Crippen LogP contribution in [0.4, 0.5) is 15.8 Å². The number of ether oxygens (including phenoxy) is 1. The standard InChI is InChI=1S/C21H18ClFN4O3/c1-11-15(12(2)27(26-11)14-5-3-13(23)4-6-14)7-20(28)24-17-9-19-18(8-16(17)22)25-21(29)10-30-19/h3-6,8-9H,7,10H2,1-2H3,(H,24,28)(H,25,29). The number of aromatic nitrogens is 2. The Kier molecular flexibility index (Phi) is 5.17. The Hall–Kier alpha value is -3.39. The molecule has 0 fully saturated rings. The fourth-order valence-electron chi connectivity index (χ4n) is 3.32. The molecule has 0 aliphatic carbocycles. The zero-order chi connectivity index (χ0) is 21.4. The summed E-state index contributed by atoms with van der Waals surface area (Å²) >= 11 is 6.25. The van der Waals surface area contributed by atoms with Crippen LogP contribution in [0.15, 0.2) is 36.4 Å². The van der Waals surface area contributed by atoms with Crippen molar-refractivity contribution in [3.05, 3.63) is 64.2 Å². The molecule has 2 amide bonds. The van der Waals surface area contributed by atoms with E-state index in [9.17, 15) is 14.0 Å². The van der Waals surface area contributed by atoms with Crippen LogP contribution >= 0.6 is 11.6 Å². The van der Waals surface area contributed by atoms with Crippen LogP contribution in [0.5, 0.6) is 5.75 Å². The lowest BCUT2D eigenvalue weighted by molar-refractivity contribution is -0.118. The van der Waals surface area contributed by atoms with Gasteiger partial charge in [-0.15, -0.1) is 0 Å². The van der Waals surface area contributed by atoms with Gasteiger partial charge in [0.05, 0.1) is 34.2 Å². The third kappa shape index (κ3) is 3.86. The Morgan fingerprint density at radius 1 is 1.30 bits per heavy atom. The molecule has 0 saturated heterocycles. The number of carbonyl (C=O) groups is 2. The highest BCUT2D eigenvalue weighted by Crippen LogP contribution is 2.36. The summed E-state index contributed by atoms with van der Waals surface area (Å²) in [7, 11) is 0. The second-order valence-electron chi connectivity index (χ2n) is 6.93. The monoisotopic (exact) mass is 428 g/mol. The topological polar surface area (TPSA) is 85.3 Å². The van der Waals surface area contributed by atoms with E-state index in [1.165, 1.54) is 18.2 Å². The SMILES string of the molecule is Cc1nn(-c2ccc(F)cc2)c(C)c1CC(=O)Nc1cc2c(cc1Cl)NC(=O)CO2. The molecular weight excluding hydrogens is 411 g/mol. The lowest BCUT2D eigenvalue weighted by Gasteiger charge is -2.19. The zero-order valence-electron chi connectivity index (χ0n) is 16.3. The van der Waals surface area contributed by atoms with Crippen molar-refractivity contribution < 1.29 is 18.7 Å². The number of fused-ring (bicyclic) bond motifs is 1. The maximum atomic E-state index is 13.2. The maximum Gasteiger partial charge on any atom is 0.262 e. The third-order valence-corrected chi connectivity index (χ3v) is 5.14. The van der Waals surface area contributed by atoms with Crippen LogP contribution in [-0.2, 0) is 16.0 Å². The van der Waals surface area contributed by atoms with Gasteiger partial charge < -0.3 is 15.4 Å². The van der Waals surface area contributed by atoms with Gasteiger partial charge in [-0.05, 0) is 44.2 Å². The predicted octanol–water partition coefficient (Wildman–Crippen LogP) is 3.79. The molecule has 0 saturated carbocycles. The largest absolute Gasteiger partial charge is 0.482 e. The van der Waals surface area contributed by atoms with Crippen molar-refractivity contribution in [1.29, 1.82) is 0 Å². The summed E-state index contributed by atoms with van der Waals surface area (Å²) in [6.45, 7) is 3.58. The summed E-state index contributed by atoms with van der Waals surface area (Å²) in [6.07, 6.45) is 0.0872. The van der Waals surface area contributed by atoms with E-state index in [2.05, 4.69) is 15.7 Å². The van der Waals surface area contributed by atoms with Gasteiger partial charge in [-0.25, -0.2) is 9.07 Å². The van der Waals surface area contributed by atoms with E-state index in [4.69, 9.17) is 16.3 Å². The van der Waals surface area contributed by atoms with E-state index in [1.807, 2.05) is 13.8 Å². The van der Waals surface area contributed by atoms with Crippen LogP contribution in [0.1, 0.15) is 17.0 Å². The first-order valence-corrected chi connectivity index (χ1v) is 9.56. The molecule has 2 N–H and O–H groups in total. The molecule has 7 nitrogen and oxygen atoms in total. The molecule has 1 aliphatic rings. The molecule has 0 unspecified atom stereocenters. The Balaban J connectivity index is 1.54. The smallest absolute Gasteiger partial charge is 0.262 e. The van der Waals surface area contributed by atoms with Gasteiger partial charge >= 0.3 is 0 Å². The summed E-state index contributed by atoms with van der Waals surface area (Å²) in [5, 5.41) is 10.2. The van der Waals surface area contributed by atoms with Crippen LogP contribution in [-0.4, -0.2) is 28.2 Å². The maximum absolute atomic E-state index is 13.2. The van der Waals surface area contributed by atoms with Crippen LogP contribution < -0.4 is 15.4 Å². The van der Waals surface area contributed by atoms with E-state index in [1.54, 1.807) is 22.9 Å². The molecule has 1 aliphatic heterocycles. The van der Waals surface area contributed by atoms with E-state index in [-0.39, 0.29) is 35.7 Å². The summed E-state index contributed by atoms with van der Waals surface area (Å²) in [5.74, 6) is -0.433. The average molecular weight is 429 g/mol. The molecule has 9 heteroatoms. The van der Waals surface area contributed by atoms with Crippen LogP contribution in [0.3, 0.4) is 0 Å². The molecule has 1 aromatic heterocycles. The second kappa shape index (κ2) is 7.79. The molecule has 0 atom stereocenters. The second-order valence-corrected chi connectivity index (χ2v) is 7.33. The predicted molar refractivity (Wildman–Crippen MR) is 111 cm³/mol. The summed E-state index contributed by atoms with van der Waals surface area (Å²) in [4.78, 5) is 24.1. The Bertz CT molecular complexity index is 1160. The number of benzene rings is 2. The molecule has 30 heavy (non-hydrogen) atoms. The fraction of sp³-hybridized carbons (Fsp3) is 0.190. The molecule has 0 bridgehead atoms. The molecule has 154 valence electrons. The van der Waals surface area contributed by atoms with Gasteiger partial charge in [0.15, 0.2) is 6.61 Å². The Morgan fingerprint density at radius 3 is 2.77 bits per heavy atom. The minimum atomic E-state index is -0.328. The number of rotatable bonds is 4. The van der Waals surface area contributed by atoms with E-state index in [0.717, 1.165) is 11.3 Å². The minimum Gasteiger partial charge on any atom is -0.482 e. The highest BCUT2D eigenvalue weighted by atomic mass is 35.5. The first-order chi connectivity index (χ1) is 14.3. The number of anilines is 2. The van der Waals surface area contributed by atoms with Crippen molar-refractivity contribution in [2.24, 2.45) is 0 Å². The van der Waals surface area contributed by atoms with Crippen LogP contribution in [0, 0.1) is 19.7 Å². The average Bonchev–Trinajstić information content (AvgIpc) is 2.97. The van der Waals surface area contributed by atoms with Gasteiger partial charge in [-0.1, -0.05) is 11.6 Å². The van der Waals surface area contributed by atoms with Crippen LogP contribution in [0.2, 0.25) is 5.02 Å². The molecule has 3 aromatic rings. The number of hydrogen-bond acceptors (Lipinski definition) is 4. The van der Waals surface area contributed by atoms with Crippen molar-refractivity contribution in [2.45, 2.75) is 20.3 Å². The van der Waals surface area contributed by atoms with Crippen LogP contribution in [0.25, 0.3) is 5.69 Å². The quantitative estimate of drug-likeness (QED) is 0.662. The van der Waals surface area contributed by atoms with Gasteiger partial charge in [0.2, 0.25) is 5.91 Å². The van der Waals surface area contributed by atoms with Gasteiger partial charge in [0.1, 0.15) is 11.6 Å². The molecule has 2 aromatic carbocycles. The normalized spacial score (nSPS) is 12.7. The molecule has 2 heterocycles. The molecule has 0 radical (unpaired) electrons. The molecule has 0 spiro atoms. The van der Waals surface area contributed by atoms with E-state index >= 15 is 0 Å². The van der Waals surface area contributed by atoms with Crippen molar-refractivity contribution in [2.75, 3.05) is 17.2 Å². The molecular formula is C21H18ClFN4O3. The highest BCUT2D eigenvalue weighted by Gasteiger charge is 2.20. The Labute approximate surface area is 176 Å². The van der Waals surface area contributed by atoms with Gasteiger partial charge in [-0.3, -0.25) is 9.59 Å². The minimum absolute atomic E-state index is 0.0872. The van der Waals surface area contributed by atoms with Crippen molar-refractivity contribution >= 4 is 34.8 Å². The third-order valence-electron chi connectivity index (χ3n) is 4.83. The van der Waals surface area contributed by atoms with Crippen molar-refractivity contribution in [3.63, 3.8) is 0 Å². The number of nitrogens with one attached hydrogen (secondary N) is 2. The summed E-state index contributed by atoms with van der Waals surface area (Å²) in [5.41, 5.74) is 3.82. The number of hydrogen-bond donors (Lipinski definition) is 2. The fourth-order valence-corrected chi connectivity index (χ4v) is 3.53. The summed E-state index contributed by atoms with van der Waals surface area (Å²) < 4.78 is 20.2. The van der Waals surface area contributed by atoms with Crippen molar-refractivity contribution in [3.8, 4) is 11.4 Å². The van der Waals surface area contributed by atoms with Gasteiger partial charge in [0, 0.05) is 17.3 Å².